The first-order valence-corrected chi connectivity index (χ1v) is 1.97. The third-order valence-electron chi connectivity index (χ3n) is 0.365. The van der Waals surface area contributed by atoms with E-state index in [1.165, 1.54) is 13.1 Å². The summed E-state index contributed by atoms with van der Waals surface area (Å²) in [6.45, 7) is 2.51. The van der Waals surface area contributed by atoms with Gasteiger partial charge in [0, 0.05) is 0 Å². The van der Waals surface area contributed by atoms with Gasteiger partial charge in [0.15, 0.2) is 0 Å². The van der Waals surface area contributed by atoms with Crippen molar-refractivity contribution in [2.24, 2.45) is 0 Å². The van der Waals surface area contributed by atoms with E-state index in [4.69, 9.17) is 0 Å². The molecule has 0 atom stereocenters. The van der Waals surface area contributed by atoms with E-state index in [-0.39, 0.29) is 0 Å². The van der Waals surface area contributed by atoms with Gasteiger partial charge in [-0.25, -0.2) is 0 Å². The van der Waals surface area contributed by atoms with E-state index in [0.29, 0.717) is 0 Å². The van der Waals surface area contributed by atoms with Crippen LogP contribution in [0.4, 0.5) is 0 Å². The van der Waals surface area contributed by atoms with E-state index in [1.807, 2.05) is 0 Å². The first kappa shape index (κ1) is 2.84. The summed E-state index contributed by atoms with van der Waals surface area (Å²) in [7, 11) is 0. The van der Waals surface area contributed by atoms with Crippen LogP contribution in [0.5, 0.6) is 0 Å². The van der Waals surface area contributed by atoms with E-state index >= 15 is 0 Å². The van der Waals surface area contributed by atoms with Gasteiger partial charge < -0.3 is 0 Å². The fraction of sp³-hybridized carbons (Fsp3) is 1.00. The summed E-state index contributed by atoms with van der Waals surface area (Å²) in [5, 5.41) is 0. The van der Waals surface area contributed by atoms with Crippen LogP contribution in [0.2, 0.25) is 0 Å². The Labute approximate surface area is 36.7 Å². The third-order valence-corrected chi connectivity index (χ3v) is 1.06. The minimum atomic E-state index is 1.25. The molecule has 0 N–H and O–H groups in total. The molecule has 1 aliphatic rings. The molecular formula is C2H4NPd. The van der Waals surface area contributed by atoms with Gasteiger partial charge in [-0.15, -0.1) is 0 Å². The molecule has 0 amide bonds. The minimum absolute atomic E-state index is 1.25. The Kier molecular flexibility index (Phi) is 0.559. The normalized spacial score (nSPS) is 26.5. The summed E-state index contributed by atoms with van der Waals surface area (Å²) in [4.78, 5) is 0. The molecule has 0 saturated carbocycles. The molecule has 1 rings (SSSR count). The van der Waals surface area contributed by atoms with Crippen LogP contribution in [-0.2, 0) is 19.4 Å². The van der Waals surface area contributed by atoms with Gasteiger partial charge in [0.05, 0.1) is 0 Å². The summed E-state index contributed by atoms with van der Waals surface area (Å²) in [5.74, 6) is 0. The SMILES string of the molecule is [Pd][N]1CC1. The Hall–Kier alpha value is 0.622. The second-order valence-electron chi connectivity index (χ2n) is 0.871. The van der Waals surface area contributed by atoms with Crippen LogP contribution in [0.3, 0.4) is 0 Å². The van der Waals surface area contributed by atoms with E-state index in [9.17, 15) is 0 Å². The second kappa shape index (κ2) is 0.788. The molecule has 0 aromatic rings. The van der Waals surface area contributed by atoms with Gasteiger partial charge in [-0.2, -0.15) is 0 Å². The number of nitrogens with zero attached hydrogens (tertiary/aromatic N) is 1. The average Bonchev–Trinajstić information content (AvgIpc) is 1.75. The van der Waals surface area contributed by atoms with Crippen molar-refractivity contribution in [2.45, 2.75) is 0 Å². The standard InChI is InChI=1S/C2H4N.Pd/c1-2-3-1;/h1-2H2;/q-1;+1. The molecule has 27 valence electrons. The van der Waals surface area contributed by atoms with Crippen molar-refractivity contribution in [2.75, 3.05) is 13.1 Å². The van der Waals surface area contributed by atoms with E-state index in [2.05, 4.69) is 23.0 Å². The van der Waals surface area contributed by atoms with Gasteiger partial charge >= 0.3 is 36.1 Å². The van der Waals surface area contributed by atoms with Crippen molar-refractivity contribution in [3.63, 3.8) is 0 Å². The molecule has 0 aliphatic carbocycles. The van der Waals surface area contributed by atoms with Gasteiger partial charge in [0.2, 0.25) is 0 Å². The fourth-order valence-electron chi connectivity index (χ4n) is 0.0316. The van der Waals surface area contributed by atoms with Crippen molar-refractivity contribution in [3.8, 4) is 0 Å². The Morgan fingerprint density at radius 1 is 1.50 bits per heavy atom. The van der Waals surface area contributed by atoms with Crippen LogP contribution >= 0.6 is 0 Å². The van der Waals surface area contributed by atoms with Crippen LogP contribution in [0, 0.1) is 0 Å². The quantitative estimate of drug-likeness (QED) is 0.339. The zero-order valence-corrected chi connectivity index (χ0v) is 3.73. The molecule has 4 heavy (non-hydrogen) atoms. The Bertz CT molecular complexity index is 25.2. The molecule has 0 bridgehead atoms. The predicted octanol–water partition coefficient (Wildman–Crippen LogP) is -0.236. The molecule has 2 heteroatoms. The number of rotatable bonds is 0. The molecule has 0 aromatic heterocycles. The molecule has 1 saturated heterocycles. The summed E-state index contributed by atoms with van der Waals surface area (Å²) in [5.41, 5.74) is 0. The zero-order valence-electron chi connectivity index (χ0n) is 2.18. The Balaban J connectivity index is 2.17. The predicted molar refractivity (Wildman–Crippen MR) is 11.6 cm³/mol. The fourth-order valence-corrected chi connectivity index (χ4v) is 0.187. The molecule has 0 aromatic carbocycles. The summed E-state index contributed by atoms with van der Waals surface area (Å²) in [6, 6.07) is 0. The molecule has 1 fully saturated rings. The molecular weight excluding hydrogens is 144 g/mol. The summed E-state index contributed by atoms with van der Waals surface area (Å²) >= 11 is 2.99. The number of hydrogen-bond donors (Lipinski definition) is 0. The molecule has 1 aliphatic heterocycles. The van der Waals surface area contributed by atoms with Gasteiger partial charge in [-0.05, 0) is 0 Å². The van der Waals surface area contributed by atoms with Crippen molar-refractivity contribution >= 4 is 0 Å². The molecule has 1 nitrogen and oxygen atoms in total. The molecule has 0 unspecified atom stereocenters. The maximum atomic E-state index is 2.99. The first-order chi connectivity index (χ1) is 1.89. The van der Waals surface area contributed by atoms with Gasteiger partial charge in [0.25, 0.3) is 0 Å². The Morgan fingerprint density at radius 2 is 1.75 bits per heavy atom. The van der Waals surface area contributed by atoms with Gasteiger partial charge in [-0.3, -0.25) is 0 Å². The monoisotopic (exact) mass is 148 g/mol. The molecule has 1 heterocycles. The summed E-state index contributed by atoms with van der Waals surface area (Å²) in [6.07, 6.45) is 0. The van der Waals surface area contributed by atoms with Crippen LogP contribution < -0.4 is 0 Å². The van der Waals surface area contributed by atoms with Crippen molar-refractivity contribution in [1.29, 1.82) is 0 Å². The molecule has 0 radical (unpaired) electrons. The van der Waals surface area contributed by atoms with Crippen LogP contribution in [0.15, 0.2) is 0 Å². The van der Waals surface area contributed by atoms with Crippen LogP contribution in [-0.4, -0.2) is 16.6 Å². The van der Waals surface area contributed by atoms with Crippen molar-refractivity contribution < 1.29 is 19.4 Å². The topological polar surface area (TPSA) is 3.01 Å². The van der Waals surface area contributed by atoms with Crippen LogP contribution in [0.1, 0.15) is 0 Å². The molecule has 0 spiro atoms. The van der Waals surface area contributed by atoms with Crippen LogP contribution in [0.25, 0.3) is 0 Å². The zero-order chi connectivity index (χ0) is 2.99. The first-order valence-electron chi connectivity index (χ1n) is 1.27. The van der Waals surface area contributed by atoms with E-state index in [1.54, 1.807) is 0 Å². The van der Waals surface area contributed by atoms with E-state index in [0.717, 1.165) is 0 Å². The Morgan fingerprint density at radius 3 is 1.75 bits per heavy atom. The van der Waals surface area contributed by atoms with Gasteiger partial charge in [0.1, 0.15) is 0 Å². The average molecular weight is 148 g/mol. The maximum absolute atomic E-state index is 2.99. The van der Waals surface area contributed by atoms with Gasteiger partial charge in [-0.1, -0.05) is 0 Å². The third kappa shape index (κ3) is 0.526. The van der Waals surface area contributed by atoms with Crippen molar-refractivity contribution in [3.05, 3.63) is 0 Å². The number of hydrogen-bond acceptors (Lipinski definition) is 1. The second-order valence-corrected chi connectivity index (χ2v) is 1.85. The summed E-state index contributed by atoms with van der Waals surface area (Å²) < 4.78 is 2.10. The van der Waals surface area contributed by atoms with Crippen molar-refractivity contribution in [1.82, 2.24) is 3.53 Å². The van der Waals surface area contributed by atoms with E-state index < -0.39 is 0 Å².